The van der Waals surface area contributed by atoms with Gasteiger partial charge in [0.15, 0.2) is 0 Å². The van der Waals surface area contributed by atoms with Crippen LogP contribution in [0.15, 0.2) is 48.5 Å². The summed E-state index contributed by atoms with van der Waals surface area (Å²) >= 11 is -1.09. The average Bonchev–Trinajstić information content (AvgIpc) is 2.49. The number of para-hydroxylation sites is 1. The monoisotopic (exact) mass is 331 g/mol. The molecule has 1 unspecified atom stereocenters. The third-order valence-corrected chi connectivity index (χ3v) is 5.19. The Kier molecular flexibility index (Phi) is 5.74. The molecule has 2 rings (SSSR count). The molecule has 0 aliphatic heterocycles. The van der Waals surface area contributed by atoms with Gasteiger partial charge in [-0.3, -0.25) is 0 Å². The second-order valence-corrected chi connectivity index (χ2v) is 8.66. The molecule has 23 heavy (non-hydrogen) atoms. The third kappa shape index (κ3) is 4.99. The lowest BCUT2D eigenvalue weighted by Crippen LogP contribution is -2.40. The minimum atomic E-state index is -1.09. The maximum absolute atomic E-state index is 12.2. The van der Waals surface area contributed by atoms with Gasteiger partial charge < -0.3 is 9.29 Å². The summed E-state index contributed by atoms with van der Waals surface area (Å²) in [6, 6.07) is 15.8. The van der Waals surface area contributed by atoms with Crippen molar-refractivity contribution >= 4 is 11.4 Å². The number of ether oxygens (including phenoxy) is 1. The van der Waals surface area contributed by atoms with Crippen LogP contribution in [0.5, 0.6) is 11.5 Å². The van der Waals surface area contributed by atoms with Gasteiger partial charge in [-0.1, -0.05) is 30.3 Å². The first-order valence-corrected chi connectivity index (χ1v) is 8.94. The Bertz CT molecular complexity index is 638. The second-order valence-electron chi connectivity index (χ2n) is 6.66. The van der Waals surface area contributed by atoms with E-state index >= 15 is 0 Å². The Hall–Kier alpha value is -1.49. The summed E-state index contributed by atoms with van der Waals surface area (Å²) in [7, 11) is 0. The van der Waals surface area contributed by atoms with Crippen LogP contribution in [-0.4, -0.2) is 9.30 Å². The van der Waals surface area contributed by atoms with E-state index in [2.05, 4.69) is 10.8 Å². The fraction of sp³-hybridized carbons (Fsp3) is 0.368. The van der Waals surface area contributed by atoms with Crippen LogP contribution in [0.25, 0.3) is 0 Å². The van der Waals surface area contributed by atoms with E-state index in [1.165, 1.54) is 0 Å². The van der Waals surface area contributed by atoms with Gasteiger partial charge in [-0.05, 0) is 63.9 Å². The molecule has 0 saturated heterocycles. The fourth-order valence-corrected chi connectivity index (χ4v) is 2.89. The number of benzene rings is 2. The zero-order valence-electron chi connectivity index (χ0n) is 14.4. The van der Waals surface area contributed by atoms with E-state index in [0.717, 1.165) is 22.6 Å². The molecule has 2 atom stereocenters. The van der Waals surface area contributed by atoms with Crippen LogP contribution in [0.1, 0.15) is 44.9 Å². The van der Waals surface area contributed by atoms with Gasteiger partial charge in [0.25, 0.3) is 0 Å². The SMILES string of the molecule is Cc1cc(C(C)N[S@+]([O-])C(C)(C)C)ccc1Oc1ccccc1. The quantitative estimate of drug-likeness (QED) is 0.793. The van der Waals surface area contributed by atoms with E-state index in [9.17, 15) is 4.55 Å². The Morgan fingerprint density at radius 2 is 1.74 bits per heavy atom. The summed E-state index contributed by atoms with van der Waals surface area (Å²) in [5.74, 6) is 1.66. The maximum atomic E-state index is 12.2. The van der Waals surface area contributed by atoms with Gasteiger partial charge in [0.1, 0.15) is 16.2 Å². The summed E-state index contributed by atoms with van der Waals surface area (Å²) in [4.78, 5) is 0. The zero-order chi connectivity index (χ0) is 17.0. The normalized spacial score (nSPS) is 14.3. The lowest BCUT2D eigenvalue weighted by Gasteiger charge is -2.26. The lowest BCUT2D eigenvalue weighted by atomic mass is 10.1. The molecule has 0 amide bonds. The summed E-state index contributed by atoms with van der Waals surface area (Å²) in [6.07, 6.45) is 0. The average molecular weight is 331 g/mol. The Balaban J connectivity index is 2.09. The van der Waals surface area contributed by atoms with Crippen LogP contribution < -0.4 is 9.46 Å². The molecule has 3 nitrogen and oxygen atoms in total. The first kappa shape index (κ1) is 17.9. The highest BCUT2D eigenvalue weighted by Crippen LogP contribution is 2.28. The molecule has 1 N–H and O–H groups in total. The molecular formula is C19H25NO2S. The Morgan fingerprint density at radius 3 is 2.30 bits per heavy atom. The van der Waals surface area contributed by atoms with Crippen LogP contribution in [0.4, 0.5) is 0 Å². The molecule has 0 fully saturated rings. The van der Waals surface area contributed by atoms with Crippen LogP contribution in [0.2, 0.25) is 0 Å². The maximum Gasteiger partial charge on any atom is 0.136 e. The van der Waals surface area contributed by atoms with Crippen molar-refractivity contribution < 1.29 is 9.29 Å². The van der Waals surface area contributed by atoms with Crippen LogP contribution >= 0.6 is 0 Å². The van der Waals surface area contributed by atoms with Crippen molar-refractivity contribution in [2.24, 2.45) is 0 Å². The summed E-state index contributed by atoms with van der Waals surface area (Å²) < 4.78 is 21.0. The van der Waals surface area contributed by atoms with E-state index in [1.807, 2.05) is 77.1 Å². The minimum Gasteiger partial charge on any atom is -0.598 e. The number of rotatable bonds is 5. The Labute approximate surface area is 142 Å². The van der Waals surface area contributed by atoms with Gasteiger partial charge in [0.05, 0.1) is 6.04 Å². The van der Waals surface area contributed by atoms with Crippen LogP contribution in [0.3, 0.4) is 0 Å². The molecule has 2 aromatic carbocycles. The molecule has 0 radical (unpaired) electrons. The molecule has 0 heterocycles. The number of aryl methyl sites for hydroxylation is 1. The lowest BCUT2D eigenvalue weighted by molar-refractivity contribution is 0.478. The van der Waals surface area contributed by atoms with Crippen molar-refractivity contribution in [1.29, 1.82) is 0 Å². The predicted molar refractivity (Wildman–Crippen MR) is 97.1 cm³/mol. The topological polar surface area (TPSA) is 44.3 Å². The van der Waals surface area contributed by atoms with E-state index in [1.54, 1.807) is 0 Å². The van der Waals surface area contributed by atoms with Gasteiger partial charge in [0.2, 0.25) is 0 Å². The van der Waals surface area contributed by atoms with Crippen LogP contribution in [-0.2, 0) is 11.4 Å². The standard InChI is InChI=1S/C19H25NO2S/c1-14-13-16(15(2)20-23(21)19(3,4)5)11-12-18(14)22-17-9-7-6-8-10-17/h6-13,15,20H,1-5H3/t15?,23-/m1/s1. The van der Waals surface area contributed by atoms with Crippen molar-refractivity contribution in [3.05, 3.63) is 59.7 Å². The summed E-state index contributed by atoms with van der Waals surface area (Å²) in [5.41, 5.74) is 2.15. The third-order valence-electron chi connectivity index (χ3n) is 3.51. The fourth-order valence-electron chi connectivity index (χ4n) is 2.08. The van der Waals surface area contributed by atoms with Crippen LogP contribution in [0, 0.1) is 6.92 Å². The van der Waals surface area contributed by atoms with Gasteiger partial charge in [0, 0.05) is 11.4 Å². The summed E-state index contributed by atoms with van der Waals surface area (Å²) in [6.45, 7) is 9.94. The smallest absolute Gasteiger partial charge is 0.136 e. The molecule has 124 valence electrons. The molecule has 4 heteroatoms. The first-order chi connectivity index (χ1) is 10.8. The van der Waals surface area contributed by atoms with Crippen molar-refractivity contribution in [1.82, 2.24) is 4.72 Å². The van der Waals surface area contributed by atoms with E-state index in [4.69, 9.17) is 4.74 Å². The molecule has 0 saturated carbocycles. The van der Waals surface area contributed by atoms with Crippen molar-refractivity contribution in [3.63, 3.8) is 0 Å². The molecule has 0 spiro atoms. The van der Waals surface area contributed by atoms with Crippen molar-refractivity contribution in [2.45, 2.75) is 45.4 Å². The molecule has 0 aliphatic rings. The largest absolute Gasteiger partial charge is 0.598 e. The molecule has 0 aliphatic carbocycles. The van der Waals surface area contributed by atoms with Crippen molar-refractivity contribution in [2.75, 3.05) is 0 Å². The van der Waals surface area contributed by atoms with E-state index in [0.29, 0.717) is 0 Å². The molecule has 2 aromatic rings. The van der Waals surface area contributed by atoms with Gasteiger partial charge in [-0.25, -0.2) is 0 Å². The summed E-state index contributed by atoms with van der Waals surface area (Å²) in [5, 5.41) is 0. The van der Waals surface area contributed by atoms with Gasteiger partial charge in [-0.15, -0.1) is 4.72 Å². The predicted octanol–water partition coefficient (Wildman–Crippen LogP) is 4.90. The highest BCUT2D eigenvalue weighted by Gasteiger charge is 2.28. The highest BCUT2D eigenvalue weighted by molar-refractivity contribution is 7.90. The molecular weight excluding hydrogens is 306 g/mol. The van der Waals surface area contributed by atoms with Gasteiger partial charge >= 0.3 is 0 Å². The zero-order valence-corrected chi connectivity index (χ0v) is 15.2. The van der Waals surface area contributed by atoms with Crippen molar-refractivity contribution in [3.8, 4) is 11.5 Å². The van der Waals surface area contributed by atoms with Gasteiger partial charge in [-0.2, -0.15) is 0 Å². The number of hydrogen-bond acceptors (Lipinski definition) is 3. The molecule has 0 aromatic heterocycles. The number of nitrogens with one attached hydrogen (secondary N) is 1. The Morgan fingerprint density at radius 1 is 1.09 bits per heavy atom. The molecule has 0 bridgehead atoms. The minimum absolute atomic E-state index is 0.0135. The highest BCUT2D eigenvalue weighted by atomic mass is 32.2. The number of hydrogen-bond donors (Lipinski definition) is 1. The van der Waals surface area contributed by atoms with E-state index in [-0.39, 0.29) is 10.8 Å². The first-order valence-electron chi connectivity index (χ1n) is 7.79. The second kappa shape index (κ2) is 7.39. The van der Waals surface area contributed by atoms with E-state index < -0.39 is 11.4 Å².